The van der Waals surface area contributed by atoms with E-state index in [1.54, 1.807) is 58.2 Å². The number of hydrogen-bond donors (Lipinski definition) is 4. The topological polar surface area (TPSA) is 172 Å². The summed E-state index contributed by atoms with van der Waals surface area (Å²) in [6, 6.07) is 21.1. The number of ether oxygens (including phenoxy) is 2. The average Bonchev–Trinajstić information content (AvgIpc) is 3.25. The summed E-state index contributed by atoms with van der Waals surface area (Å²) in [5.41, 5.74) is 5.16. The molecule has 0 fully saturated rings. The first kappa shape index (κ1) is 47.8. The summed E-state index contributed by atoms with van der Waals surface area (Å²) >= 11 is 6.08. The van der Waals surface area contributed by atoms with Crippen LogP contribution in [0.2, 0.25) is 5.02 Å². The van der Waals surface area contributed by atoms with Gasteiger partial charge in [-0.05, 0) is 136 Å². The molecule has 14 heteroatoms. The molecule has 4 aromatic rings. The number of nitrogens with zero attached hydrogens (tertiary/aromatic N) is 1. The normalized spacial score (nSPS) is 16.9. The second kappa shape index (κ2) is 21.7. The van der Waals surface area contributed by atoms with E-state index in [2.05, 4.69) is 28.2 Å². The standard InChI is InChI=1S/C49H58ClN5O8/c1-8-11-34-16-19-36-28-39(34)40-27-31(13-24-42(40)62-7)26-38(29-56)53-44(57)30(2)52-46(59)43(36)55(6)47(60)41(12-9-10-25-51-48(61)63-49(3,4)5)54-45(58)35-17-14-32(15-18-35)33-20-22-37(50)23-21-33/h13-24,27-30,38,41,43H,8-12,25-26H2,1-7H3,(H,51,61)(H,52,59)(H,53,57)(H,54,58)/t30-,38-,41-,43-/m0/s1. The molecule has 4 N–H and O–H groups in total. The highest BCUT2D eigenvalue weighted by Crippen LogP contribution is 2.37. The molecule has 0 aromatic heterocycles. The molecule has 0 unspecified atom stereocenters. The minimum Gasteiger partial charge on any atom is -0.496 e. The van der Waals surface area contributed by atoms with Crippen LogP contribution < -0.4 is 26.0 Å². The molecule has 1 aliphatic rings. The molecule has 4 aromatic carbocycles. The molecule has 5 amide bonds. The number of alkyl carbamates (subject to hydrolysis) is 1. The largest absolute Gasteiger partial charge is 0.496 e. The monoisotopic (exact) mass is 879 g/mol. The van der Waals surface area contributed by atoms with Crippen molar-refractivity contribution in [2.24, 2.45) is 0 Å². The highest BCUT2D eigenvalue weighted by Gasteiger charge is 2.35. The van der Waals surface area contributed by atoms with E-state index >= 15 is 0 Å². The molecule has 0 saturated carbocycles. The lowest BCUT2D eigenvalue weighted by Gasteiger charge is -2.32. The Morgan fingerprint density at radius 2 is 1.59 bits per heavy atom. The maximum absolute atomic E-state index is 14.9. The number of nitrogens with one attached hydrogen (secondary N) is 4. The van der Waals surface area contributed by atoms with Crippen LogP contribution in [0.15, 0.2) is 84.9 Å². The van der Waals surface area contributed by atoms with Gasteiger partial charge >= 0.3 is 6.09 Å². The summed E-state index contributed by atoms with van der Waals surface area (Å²) in [5.74, 6) is -1.71. The van der Waals surface area contributed by atoms with Crippen LogP contribution in [0.25, 0.3) is 22.3 Å². The van der Waals surface area contributed by atoms with Crippen molar-refractivity contribution < 1.29 is 38.2 Å². The Morgan fingerprint density at radius 1 is 0.905 bits per heavy atom. The number of hydrogen-bond acceptors (Lipinski definition) is 8. The van der Waals surface area contributed by atoms with Crippen LogP contribution in [0, 0.1) is 0 Å². The molecule has 4 bridgehead atoms. The number of unbranched alkanes of at least 4 members (excludes halogenated alkanes) is 1. The Bertz CT molecular complexity index is 2270. The third-order valence-electron chi connectivity index (χ3n) is 10.7. The number of aldehydes is 1. The van der Waals surface area contributed by atoms with Crippen molar-refractivity contribution in [3.05, 3.63) is 112 Å². The number of aryl methyl sites for hydroxylation is 1. The van der Waals surface area contributed by atoms with E-state index in [9.17, 15) is 28.8 Å². The lowest BCUT2D eigenvalue weighted by Crippen LogP contribution is -2.54. The number of carbonyl (C=O) groups is 6. The molecule has 0 aliphatic carbocycles. The summed E-state index contributed by atoms with van der Waals surface area (Å²) in [5, 5.41) is 11.8. The van der Waals surface area contributed by atoms with E-state index in [1.165, 1.54) is 18.9 Å². The fourth-order valence-corrected chi connectivity index (χ4v) is 7.63. The zero-order chi connectivity index (χ0) is 45.8. The van der Waals surface area contributed by atoms with Crippen molar-refractivity contribution >= 4 is 47.6 Å². The molecule has 4 atom stereocenters. The van der Waals surface area contributed by atoms with Crippen molar-refractivity contribution in [1.29, 1.82) is 0 Å². The molecule has 13 nitrogen and oxygen atoms in total. The smallest absolute Gasteiger partial charge is 0.407 e. The average molecular weight is 880 g/mol. The fourth-order valence-electron chi connectivity index (χ4n) is 7.50. The maximum atomic E-state index is 14.9. The van der Waals surface area contributed by atoms with Gasteiger partial charge in [-0.1, -0.05) is 67.4 Å². The van der Waals surface area contributed by atoms with Crippen molar-refractivity contribution in [2.45, 2.75) is 103 Å². The van der Waals surface area contributed by atoms with E-state index in [4.69, 9.17) is 21.1 Å². The van der Waals surface area contributed by atoms with Crippen molar-refractivity contribution in [3.8, 4) is 28.0 Å². The zero-order valence-electron chi connectivity index (χ0n) is 37.0. The Labute approximate surface area is 374 Å². The molecular formula is C49H58ClN5O8. The third-order valence-corrected chi connectivity index (χ3v) is 11.0. The number of carbonyl (C=O) groups excluding carboxylic acids is 6. The lowest BCUT2D eigenvalue weighted by molar-refractivity contribution is -0.141. The van der Waals surface area contributed by atoms with Gasteiger partial charge in [0.05, 0.1) is 13.2 Å². The van der Waals surface area contributed by atoms with Gasteiger partial charge in [0.2, 0.25) is 17.7 Å². The molecule has 0 radical (unpaired) electrons. The first-order valence-electron chi connectivity index (χ1n) is 21.3. The predicted octanol–water partition coefficient (Wildman–Crippen LogP) is 7.37. The van der Waals surface area contributed by atoms with E-state index in [-0.39, 0.29) is 19.4 Å². The molecule has 63 heavy (non-hydrogen) atoms. The fraction of sp³-hybridized carbons (Fsp3) is 0.388. The van der Waals surface area contributed by atoms with Crippen LogP contribution in [-0.2, 0) is 36.8 Å². The van der Waals surface area contributed by atoms with Gasteiger partial charge in [0.1, 0.15) is 35.8 Å². The predicted molar refractivity (Wildman–Crippen MR) is 243 cm³/mol. The van der Waals surface area contributed by atoms with E-state index in [0.717, 1.165) is 39.8 Å². The Balaban J connectivity index is 1.51. The van der Waals surface area contributed by atoms with E-state index in [0.29, 0.717) is 47.4 Å². The molecule has 0 spiro atoms. The van der Waals surface area contributed by atoms with Crippen LogP contribution in [0.1, 0.15) is 93.4 Å². The second-order valence-corrected chi connectivity index (χ2v) is 17.2. The van der Waals surface area contributed by atoms with Gasteiger partial charge in [-0.15, -0.1) is 0 Å². The van der Waals surface area contributed by atoms with Gasteiger partial charge in [-0.2, -0.15) is 0 Å². The van der Waals surface area contributed by atoms with Crippen LogP contribution >= 0.6 is 11.6 Å². The first-order chi connectivity index (χ1) is 30.0. The van der Waals surface area contributed by atoms with Gasteiger partial charge in [0.15, 0.2) is 0 Å². The SMILES string of the molecule is CCCc1ccc2cc1-c1cc(ccc1OC)C[C@@H](C=O)NC(=O)[C@H](C)NC(=O)[C@H]2N(C)C(=O)[C@H](CCCCNC(=O)OC(C)(C)C)NC(=O)c1ccc(-c2ccc(Cl)cc2)cc1. The summed E-state index contributed by atoms with van der Waals surface area (Å²) in [6.07, 6.45) is 2.88. The van der Waals surface area contributed by atoms with Crippen LogP contribution in [0.4, 0.5) is 4.79 Å². The second-order valence-electron chi connectivity index (χ2n) is 16.8. The van der Waals surface area contributed by atoms with Crippen LogP contribution in [-0.4, -0.2) is 85.3 Å². The van der Waals surface area contributed by atoms with Crippen LogP contribution in [0.3, 0.4) is 0 Å². The molecule has 5 rings (SSSR count). The van der Waals surface area contributed by atoms with Crippen molar-refractivity contribution in [1.82, 2.24) is 26.2 Å². The summed E-state index contributed by atoms with van der Waals surface area (Å²) in [6.45, 7) is 9.14. The number of benzene rings is 4. The number of methoxy groups -OCH3 is 1. The number of halogens is 1. The Hall–Kier alpha value is -6.21. The van der Waals surface area contributed by atoms with Gasteiger partial charge in [-0.3, -0.25) is 19.2 Å². The summed E-state index contributed by atoms with van der Waals surface area (Å²) in [4.78, 5) is 82.5. The highest BCUT2D eigenvalue weighted by molar-refractivity contribution is 6.30. The van der Waals surface area contributed by atoms with Gasteiger partial charge < -0.3 is 40.4 Å². The molecule has 1 heterocycles. The minimum atomic E-state index is -1.27. The maximum Gasteiger partial charge on any atom is 0.407 e. The third kappa shape index (κ3) is 12.9. The number of rotatable bonds is 14. The molecule has 0 saturated heterocycles. The number of likely N-dealkylation sites (N-methyl/N-ethyl adjacent to an activating group) is 1. The summed E-state index contributed by atoms with van der Waals surface area (Å²) in [7, 11) is 3.06. The van der Waals surface area contributed by atoms with Crippen molar-refractivity contribution in [3.63, 3.8) is 0 Å². The zero-order valence-corrected chi connectivity index (χ0v) is 37.8. The number of amides is 5. The lowest BCUT2D eigenvalue weighted by atomic mass is 9.89. The molecular weight excluding hydrogens is 822 g/mol. The Kier molecular flexibility index (Phi) is 16.5. The van der Waals surface area contributed by atoms with Crippen molar-refractivity contribution in [2.75, 3.05) is 20.7 Å². The van der Waals surface area contributed by atoms with Gasteiger partial charge in [0.25, 0.3) is 5.91 Å². The van der Waals surface area contributed by atoms with Crippen LogP contribution in [0.5, 0.6) is 5.75 Å². The van der Waals surface area contributed by atoms with Gasteiger partial charge in [-0.25, -0.2) is 4.79 Å². The summed E-state index contributed by atoms with van der Waals surface area (Å²) < 4.78 is 11.2. The van der Waals surface area contributed by atoms with E-state index in [1.807, 2.05) is 54.6 Å². The molecule has 1 aliphatic heterocycles. The highest BCUT2D eigenvalue weighted by atomic mass is 35.5. The first-order valence-corrected chi connectivity index (χ1v) is 21.7. The van der Waals surface area contributed by atoms with Gasteiger partial charge in [0, 0.05) is 29.7 Å². The quantitative estimate of drug-likeness (QED) is 0.0751. The molecule has 334 valence electrons. The van der Waals surface area contributed by atoms with E-state index < -0.39 is 59.5 Å². The Morgan fingerprint density at radius 3 is 2.22 bits per heavy atom. The number of fused-ring (bicyclic) bond motifs is 5. The minimum absolute atomic E-state index is 0.165.